The van der Waals surface area contributed by atoms with Crippen LogP contribution in [0, 0.1) is 0 Å². The summed E-state index contributed by atoms with van der Waals surface area (Å²) >= 11 is 0. The van der Waals surface area contributed by atoms with Gasteiger partial charge in [-0.25, -0.2) is 4.98 Å². The van der Waals surface area contributed by atoms with Gasteiger partial charge in [-0.3, -0.25) is 9.30 Å². The number of hydrogen-bond acceptors (Lipinski definition) is 7. The molecule has 3 aromatic heterocycles. The lowest BCUT2D eigenvalue weighted by atomic mass is 10.1. The molecule has 4 heterocycles. The number of nitrogens with two attached hydrogens (primary N) is 1. The minimum absolute atomic E-state index is 0.0984. The Kier molecular flexibility index (Phi) is 6.55. The van der Waals surface area contributed by atoms with Crippen molar-refractivity contribution in [3.63, 3.8) is 0 Å². The van der Waals surface area contributed by atoms with Gasteiger partial charge in [-0.15, -0.1) is 10.2 Å². The number of halogens is 3. The molecule has 37 heavy (non-hydrogen) atoms. The average molecular weight is 515 g/mol. The van der Waals surface area contributed by atoms with Crippen molar-refractivity contribution in [1.29, 1.82) is 0 Å². The van der Waals surface area contributed by atoms with Crippen molar-refractivity contribution >= 4 is 16.6 Å². The van der Waals surface area contributed by atoms with Crippen LogP contribution in [0.25, 0.3) is 28.1 Å². The predicted octanol–water partition coefficient (Wildman–Crippen LogP) is 4.38. The number of pyridine rings is 2. The highest BCUT2D eigenvalue weighted by molar-refractivity contribution is 5.86. The number of fused-ring (bicyclic) bond motifs is 2. The van der Waals surface area contributed by atoms with Crippen molar-refractivity contribution in [1.82, 2.24) is 24.5 Å². The van der Waals surface area contributed by atoms with E-state index in [0.717, 1.165) is 5.39 Å². The molecule has 8 nitrogen and oxygen atoms in total. The molecule has 2 N–H and O–H groups in total. The smallest absolute Gasteiger partial charge is 0.408 e. The summed E-state index contributed by atoms with van der Waals surface area (Å²) in [4.78, 5) is 6.17. The number of likely N-dealkylation sites (tertiary alicyclic amines) is 1. The number of ether oxygens (including phenoxy) is 2. The second kappa shape index (κ2) is 9.55. The van der Waals surface area contributed by atoms with Crippen LogP contribution in [0.1, 0.15) is 31.9 Å². The monoisotopic (exact) mass is 514 g/mol. The van der Waals surface area contributed by atoms with Gasteiger partial charge >= 0.3 is 6.18 Å². The van der Waals surface area contributed by atoms with Crippen LogP contribution in [0.15, 0.2) is 48.7 Å². The number of nitrogens with zero attached hydrogens (tertiary/aromatic N) is 5. The van der Waals surface area contributed by atoms with Crippen LogP contribution in [-0.4, -0.2) is 69.1 Å². The van der Waals surface area contributed by atoms with Gasteiger partial charge in [0.15, 0.2) is 11.5 Å². The van der Waals surface area contributed by atoms with E-state index in [1.54, 1.807) is 23.6 Å². The van der Waals surface area contributed by atoms with Crippen molar-refractivity contribution in [2.24, 2.45) is 5.73 Å². The molecular weight excluding hydrogens is 485 g/mol. The zero-order valence-corrected chi connectivity index (χ0v) is 20.9. The fourth-order valence-electron chi connectivity index (χ4n) is 4.90. The Morgan fingerprint density at radius 2 is 1.92 bits per heavy atom. The number of aromatic nitrogens is 4. The largest absolute Gasteiger partial charge is 0.483 e. The lowest BCUT2D eigenvalue weighted by Crippen LogP contribution is -2.38. The molecule has 4 aromatic rings. The average Bonchev–Trinajstić information content (AvgIpc) is 3.44. The standard InChI is InChI=1S/C26H29F3N6O2/c1-25(2,15-36-3)37-20-6-4-5-16-7-9-19(31-22(16)20)24-33-32-21-10-8-17(13-35(21)24)23(26(27,28)29)34-12-11-18(30)14-34/h4-10,13,18,23H,11-12,14-15,30H2,1-3H3. The molecule has 1 aliphatic rings. The first-order chi connectivity index (χ1) is 17.6. The van der Waals surface area contributed by atoms with Crippen molar-refractivity contribution < 1.29 is 22.6 Å². The van der Waals surface area contributed by atoms with Gasteiger partial charge in [0, 0.05) is 37.8 Å². The van der Waals surface area contributed by atoms with Gasteiger partial charge in [-0.2, -0.15) is 13.2 Å². The SMILES string of the molecule is COCC(C)(C)Oc1cccc2ccc(-c3nnc4ccc(C(N5CCC(N)C5)C(F)(F)F)cn34)nc12. The molecule has 1 aromatic carbocycles. The fourth-order valence-corrected chi connectivity index (χ4v) is 4.90. The lowest BCUT2D eigenvalue weighted by molar-refractivity contribution is -0.183. The Bertz CT molecular complexity index is 1420. The molecule has 1 aliphatic heterocycles. The minimum Gasteiger partial charge on any atom is -0.483 e. The molecule has 2 unspecified atom stereocenters. The number of benzene rings is 1. The first-order valence-electron chi connectivity index (χ1n) is 12.0. The first kappa shape index (κ1) is 25.4. The third-order valence-electron chi connectivity index (χ3n) is 6.46. The molecule has 0 saturated carbocycles. The first-order valence-corrected chi connectivity index (χ1v) is 12.0. The summed E-state index contributed by atoms with van der Waals surface area (Å²) in [7, 11) is 1.61. The summed E-state index contributed by atoms with van der Waals surface area (Å²) in [5.74, 6) is 0.905. The maximum Gasteiger partial charge on any atom is 0.408 e. The normalized spacial score (nSPS) is 18.1. The topological polar surface area (TPSA) is 90.8 Å². The number of methoxy groups -OCH3 is 1. The van der Waals surface area contributed by atoms with Gasteiger partial charge in [0.2, 0.25) is 0 Å². The molecule has 0 bridgehead atoms. The van der Waals surface area contributed by atoms with Gasteiger partial charge < -0.3 is 15.2 Å². The van der Waals surface area contributed by atoms with Crippen LogP contribution in [0.5, 0.6) is 5.75 Å². The molecule has 0 spiro atoms. The van der Waals surface area contributed by atoms with Crippen LogP contribution in [-0.2, 0) is 4.74 Å². The predicted molar refractivity (Wildman–Crippen MR) is 133 cm³/mol. The van der Waals surface area contributed by atoms with Crippen LogP contribution in [0.4, 0.5) is 13.2 Å². The molecule has 0 radical (unpaired) electrons. The van der Waals surface area contributed by atoms with E-state index in [9.17, 15) is 13.2 Å². The third kappa shape index (κ3) is 5.11. The Balaban J connectivity index is 1.57. The van der Waals surface area contributed by atoms with E-state index in [2.05, 4.69) is 10.2 Å². The lowest BCUT2D eigenvalue weighted by Gasteiger charge is -2.30. The molecule has 196 valence electrons. The van der Waals surface area contributed by atoms with Crippen LogP contribution >= 0.6 is 0 Å². The van der Waals surface area contributed by atoms with Crippen LogP contribution in [0.2, 0.25) is 0 Å². The van der Waals surface area contributed by atoms with E-state index in [1.165, 1.54) is 17.2 Å². The zero-order valence-electron chi connectivity index (χ0n) is 20.9. The highest BCUT2D eigenvalue weighted by Gasteiger charge is 2.46. The molecule has 0 aliphatic carbocycles. The van der Waals surface area contributed by atoms with Gasteiger partial charge in [-0.05, 0) is 44.0 Å². The number of para-hydroxylation sites is 1. The third-order valence-corrected chi connectivity index (χ3v) is 6.46. The molecule has 1 fully saturated rings. The number of rotatable bonds is 7. The van der Waals surface area contributed by atoms with E-state index < -0.39 is 17.8 Å². The Morgan fingerprint density at radius 1 is 1.11 bits per heavy atom. The van der Waals surface area contributed by atoms with Gasteiger partial charge in [0.1, 0.15) is 28.6 Å². The van der Waals surface area contributed by atoms with Gasteiger partial charge in [0.25, 0.3) is 0 Å². The van der Waals surface area contributed by atoms with E-state index in [0.29, 0.717) is 41.5 Å². The fraction of sp³-hybridized carbons (Fsp3) is 0.423. The maximum atomic E-state index is 14.2. The van der Waals surface area contributed by atoms with E-state index in [4.69, 9.17) is 20.2 Å². The van der Waals surface area contributed by atoms with Crippen molar-refractivity contribution in [2.75, 3.05) is 26.8 Å². The van der Waals surface area contributed by atoms with Gasteiger partial charge in [-0.1, -0.05) is 24.3 Å². The maximum absolute atomic E-state index is 14.2. The molecule has 1 saturated heterocycles. The van der Waals surface area contributed by atoms with Crippen molar-refractivity contribution in [2.45, 2.75) is 44.1 Å². The summed E-state index contributed by atoms with van der Waals surface area (Å²) in [6.45, 7) is 4.68. The van der Waals surface area contributed by atoms with E-state index in [-0.39, 0.29) is 24.7 Å². The van der Waals surface area contributed by atoms with Crippen molar-refractivity contribution in [3.05, 3.63) is 54.2 Å². The molecule has 0 amide bonds. The zero-order chi connectivity index (χ0) is 26.4. The Morgan fingerprint density at radius 3 is 2.62 bits per heavy atom. The molecule has 2 atom stereocenters. The molecule has 11 heteroatoms. The quantitative estimate of drug-likeness (QED) is 0.391. The van der Waals surface area contributed by atoms with Gasteiger partial charge in [0.05, 0.1) is 6.61 Å². The summed E-state index contributed by atoms with van der Waals surface area (Å²) < 4.78 is 55.6. The number of alkyl halides is 3. The highest BCUT2D eigenvalue weighted by atomic mass is 19.4. The molecular formula is C26H29F3N6O2. The van der Waals surface area contributed by atoms with E-state index in [1.807, 2.05) is 38.1 Å². The minimum atomic E-state index is -4.46. The summed E-state index contributed by atoms with van der Waals surface area (Å²) in [5.41, 5.74) is 6.91. The summed E-state index contributed by atoms with van der Waals surface area (Å²) in [5, 5.41) is 9.27. The van der Waals surface area contributed by atoms with Crippen molar-refractivity contribution in [3.8, 4) is 17.3 Å². The number of hydrogen-bond donors (Lipinski definition) is 1. The van der Waals surface area contributed by atoms with Crippen LogP contribution in [0.3, 0.4) is 0 Å². The highest BCUT2D eigenvalue weighted by Crippen LogP contribution is 2.39. The summed E-state index contributed by atoms with van der Waals surface area (Å²) in [6, 6.07) is 10.2. The Labute approximate surface area is 212 Å². The Hall–Kier alpha value is -3.28. The summed E-state index contributed by atoms with van der Waals surface area (Å²) in [6.07, 6.45) is -2.49. The molecule has 5 rings (SSSR count). The second-order valence-corrected chi connectivity index (χ2v) is 10.0. The van der Waals surface area contributed by atoms with Crippen LogP contribution < -0.4 is 10.5 Å². The van der Waals surface area contributed by atoms with E-state index >= 15 is 0 Å². The second-order valence-electron chi connectivity index (χ2n) is 10.0.